The lowest BCUT2D eigenvalue weighted by Gasteiger charge is -2.32. The van der Waals surface area contributed by atoms with Crippen molar-refractivity contribution in [3.8, 4) is 0 Å². The topological polar surface area (TPSA) is 52.7 Å². The fourth-order valence-electron chi connectivity index (χ4n) is 3.72. The Balaban J connectivity index is 1.50. The van der Waals surface area contributed by atoms with Gasteiger partial charge in [0.05, 0.1) is 6.04 Å². The zero-order chi connectivity index (χ0) is 19.9. The Hall–Kier alpha value is -2.66. The van der Waals surface area contributed by atoms with Gasteiger partial charge in [-0.15, -0.1) is 0 Å². The van der Waals surface area contributed by atoms with Crippen molar-refractivity contribution in [1.82, 2.24) is 15.1 Å². The molecular formula is C23H29N3O2. The smallest absolute Gasteiger partial charge is 0.253 e. The Kier molecular flexibility index (Phi) is 6.82. The first-order valence-electron chi connectivity index (χ1n) is 9.89. The molecule has 5 heteroatoms. The number of nitrogens with one attached hydrogen (secondary N) is 1. The fourth-order valence-corrected chi connectivity index (χ4v) is 3.72. The molecule has 2 aromatic rings. The molecular weight excluding hydrogens is 350 g/mol. The molecule has 3 rings (SSSR count). The van der Waals surface area contributed by atoms with Gasteiger partial charge in [0.1, 0.15) is 0 Å². The highest BCUT2D eigenvalue weighted by atomic mass is 16.2. The maximum absolute atomic E-state index is 12.7. The van der Waals surface area contributed by atoms with Gasteiger partial charge in [0.2, 0.25) is 5.91 Å². The molecule has 1 heterocycles. The first-order chi connectivity index (χ1) is 13.6. The third-order valence-electron chi connectivity index (χ3n) is 5.45. The molecule has 5 nitrogen and oxygen atoms in total. The zero-order valence-corrected chi connectivity index (χ0v) is 16.7. The summed E-state index contributed by atoms with van der Waals surface area (Å²) >= 11 is 0. The first-order valence-corrected chi connectivity index (χ1v) is 9.89. The van der Waals surface area contributed by atoms with Crippen LogP contribution in [0.5, 0.6) is 0 Å². The summed E-state index contributed by atoms with van der Waals surface area (Å²) in [5.74, 6) is 0.115. The van der Waals surface area contributed by atoms with E-state index in [1.54, 1.807) is 0 Å². The Bertz CT molecular complexity index is 769. The molecule has 2 amide bonds. The van der Waals surface area contributed by atoms with E-state index < -0.39 is 0 Å². The van der Waals surface area contributed by atoms with Gasteiger partial charge in [-0.1, -0.05) is 48.5 Å². The van der Waals surface area contributed by atoms with Crippen LogP contribution in [0.15, 0.2) is 60.7 Å². The van der Waals surface area contributed by atoms with Crippen LogP contribution in [0, 0.1) is 5.92 Å². The summed E-state index contributed by atoms with van der Waals surface area (Å²) in [6.07, 6.45) is 1.42. The summed E-state index contributed by atoms with van der Waals surface area (Å²) in [4.78, 5) is 29.2. The monoisotopic (exact) mass is 379 g/mol. The Labute approximate surface area is 167 Å². The molecule has 0 spiro atoms. The summed E-state index contributed by atoms with van der Waals surface area (Å²) in [5.41, 5.74) is 1.90. The van der Waals surface area contributed by atoms with E-state index >= 15 is 0 Å². The number of rotatable bonds is 6. The van der Waals surface area contributed by atoms with E-state index in [9.17, 15) is 9.59 Å². The van der Waals surface area contributed by atoms with Crippen LogP contribution in [0.2, 0.25) is 0 Å². The molecule has 1 saturated heterocycles. The van der Waals surface area contributed by atoms with Crippen LogP contribution in [-0.2, 0) is 4.79 Å². The number of likely N-dealkylation sites (tertiary alicyclic amines) is 1. The Morgan fingerprint density at radius 2 is 1.57 bits per heavy atom. The molecule has 0 saturated carbocycles. The number of likely N-dealkylation sites (N-methyl/N-ethyl adjacent to an activating group) is 1. The van der Waals surface area contributed by atoms with Crippen LogP contribution >= 0.6 is 0 Å². The van der Waals surface area contributed by atoms with Crippen molar-refractivity contribution in [2.24, 2.45) is 5.92 Å². The van der Waals surface area contributed by atoms with Crippen molar-refractivity contribution in [2.45, 2.75) is 18.9 Å². The lowest BCUT2D eigenvalue weighted by Crippen LogP contribution is -2.44. The summed E-state index contributed by atoms with van der Waals surface area (Å²) in [5, 5.41) is 3.12. The zero-order valence-electron chi connectivity index (χ0n) is 16.7. The quantitative estimate of drug-likeness (QED) is 0.840. The van der Waals surface area contributed by atoms with Crippen LogP contribution < -0.4 is 5.32 Å². The largest absolute Gasteiger partial charge is 0.354 e. The standard InChI is InChI=1S/C23H29N3O2/c1-25(2)21(18-9-5-3-6-10-18)17-24-22(27)19-13-15-26(16-14-19)23(28)20-11-7-4-8-12-20/h3-12,19,21H,13-17H2,1-2H3,(H,24,27). The second kappa shape index (κ2) is 9.51. The van der Waals surface area contributed by atoms with Gasteiger partial charge in [0.15, 0.2) is 0 Å². The van der Waals surface area contributed by atoms with Crippen molar-refractivity contribution in [2.75, 3.05) is 33.7 Å². The highest BCUT2D eigenvalue weighted by molar-refractivity contribution is 5.94. The molecule has 1 atom stereocenters. The molecule has 2 aromatic carbocycles. The van der Waals surface area contributed by atoms with Crippen molar-refractivity contribution < 1.29 is 9.59 Å². The van der Waals surface area contributed by atoms with Gasteiger partial charge in [-0.3, -0.25) is 9.59 Å². The molecule has 0 bridgehead atoms. The number of piperidine rings is 1. The predicted octanol–water partition coefficient (Wildman–Crippen LogP) is 2.96. The molecule has 0 radical (unpaired) electrons. The summed E-state index contributed by atoms with van der Waals surface area (Å²) in [6.45, 7) is 1.84. The summed E-state index contributed by atoms with van der Waals surface area (Å²) in [7, 11) is 4.05. The molecule has 1 N–H and O–H groups in total. The number of amides is 2. The molecule has 1 fully saturated rings. The molecule has 1 aliphatic rings. The third kappa shape index (κ3) is 4.98. The van der Waals surface area contributed by atoms with Crippen molar-refractivity contribution >= 4 is 11.8 Å². The van der Waals surface area contributed by atoms with Crippen LogP contribution in [0.3, 0.4) is 0 Å². The van der Waals surface area contributed by atoms with Gasteiger partial charge in [0.25, 0.3) is 5.91 Å². The number of carbonyl (C=O) groups is 2. The van der Waals surface area contributed by atoms with E-state index in [1.807, 2.05) is 67.5 Å². The van der Waals surface area contributed by atoms with Gasteiger partial charge in [-0.2, -0.15) is 0 Å². The average molecular weight is 380 g/mol. The van der Waals surface area contributed by atoms with Crippen LogP contribution in [0.4, 0.5) is 0 Å². The maximum Gasteiger partial charge on any atom is 0.253 e. The number of hydrogen-bond donors (Lipinski definition) is 1. The van der Waals surface area contributed by atoms with E-state index in [0.717, 1.165) is 0 Å². The van der Waals surface area contributed by atoms with Crippen LogP contribution in [-0.4, -0.2) is 55.3 Å². The van der Waals surface area contributed by atoms with E-state index in [0.29, 0.717) is 38.0 Å². The number of hydrogen-bond acceptors (Lipinski definition) is 3. The highest BCUT2D eigenvalue weighted by Crippen LogP contribution is 2.21. The van der Waals surface area contributed by atoms with Crippen LogP contribution in [0.1, 0.15) is 34.8 Å². The van der Waals surface area contributed by atoms with Gasteiger partial charge >= 0.3 is 0 Å². The molecule has 0 aromatic heterocycles. The second-order valence-electron chi connectivity index (χ2n) is 7.57. The summed E-state index contributed by atoms with van der Waals surface area (Å²) in [6, 6.07) is 19.7. The fraction of sp³-hybridized carbons (Fsp3) is 0.391. The van der Waals surface area contributed by atoms with Gasteiger partial charge in [-0.25, -0.2) is 0 Å². The minimum atomic E-state index is -0.0293. The van der Waals surface area contributed by atoms with Gasteiger partial charge in [-0.05, 0) is 44.6 Å². The number of benzene rings is 2. The highest BCUT2D eigenvalue weighted by Gasteiger charge is 2.28. The van der Waals surface area contributed by atoms with Gasteiger partial charge < -0.3 is 15.1 Å². The Morgan fingerprint density at radius 1 is 1.00 bits per heavy atom. The lowest BCUT2D eigenvalue weighted by atomic mass is 9.95. The number of nitrogens with zero attached hydrogens (tertiary/aromatic N) is 2. The minimum absolute atomic E-state index is 0.0293. The molecule has 0 aliphatic carbocycles. The third-order valence-corrected chi connectivity index (χ3v) is 5.45. The lowest BCUT2D eigenvalue weighted by molar-refractivity contribution is -0.126. The predicted molar refractivity (Wildman–Crippen MR) is 111 cm³/mol. The molecule has 1 aliphatic heterocycles. The first kappa shape index (κ1) is 20.1. The van der Waals surface area contributed by atoms with E-state index in [-0.39, 0.29) is 23.8 Å². The Morgan fingerprint density at radius 3 is 2.14 bits per heavy atom. The molecule has 148 valence electrons. The van der Waals surface area contributed by atoms with E-state index in [4.69, 9.17) is 0 Å². The average Bonchev–Trinajstić information content (AvgIpc) is 2.74. The molecule has 1 unspecified atom stereocenters. The summed E-state index contributed by atoms with van der Waals surface area (Å²) < 4.78 is 0. The molecule has 28 heavy (non-hydrogen) atoms. The minimum Gasteiger partial charge on any atom is -0.354 e. The van der Waals surface area contributed by atoms with Crippen LogP contribution in [0.25, 0.3) is 0 Å². The van der Waals surface area contributed by atoms with E-state index in [2.05, 4.69) is 22.3 Å². The number of carbonyl (C=O) groups excluding carboxylic acids is 2. The van der Waals surface area contributed by atoms with Gasteiger partial charge in [0, 0.05) is 31.1 Å². The second-order valence-corrected chi connectivity index (χ2v) is 7.57. The maximum atomic E-state index is 12.7. The van der Waals surface area contributed by atoms with Crippen molar-refractivity contribution in [1.29, 1.82) is 0 Å². The normalized spacial score (nSPS) is 16.0. The van der Waals surface area contributed by atoms with Crippen molar-refractivity contribution in [3.05, 3.63) is 71.8 Å². The van der Waals surface area contributed by atoms with Crippen molar-refractivity contribution in [3.63, 3.8) is 0 Å². The SMILES string of the molecule is CN(C)C(CNC(=O)C1CCN(C(=O)c2ccccc2)CC1)c1ccccc1. The van der Waals surface area contributed by atoms with E-state index in [1.165, 1.54) is 5.56 Å².